The van der Waals surface area contributed by atoms with Crippen LogP contribution in [0, 0.1) is 0 Å². The number of para-hydroxylation sites is 1. The van der Waals surface area contributed by atoms with Crippen molar-refractivity contribution in [3.63, 3.8) is 0 Å². The van der Waals surface area contributed by atoms with Crippen LogP contribution in [-0.4, -0.2) is 75.5 Å². The number of nitrogens with zero attached hydrogens (tertiary/aromatic N) is 5. The molecule has 13 heteroatoms. The smallest absolute Gasteiger partial charge is 0.332 e. The van der Waals surface area contributed by atoms with Crippen molar-refractivity contribution in [1.82, 2.24) is 28.6 Å². The zero-order valence-corrected chi connectivity index (χ0v) is 22.2. The van der Waals surface area contributed by atoms with E-state index in [9.17, 15) is 24.6 Å². The minimum atomic E-state index is -1.50. The number of β-amino-alcohol motifs (C(OH)–C–C–N with tert-alkyl or cyclic N) is 1. The molecular weight excluding hydrogens is 514 g/mol. The summed E-state index contributed by atoms with van der Waals surface area (Å²) in [4.78, 5) is 47.8. The number of carbonyl (C=O) groups is 1. The number of rotatable bonds is 4. The molecule has 204 valence electrons. The summed E-state index contributed by atoms with van der Waals surface area (Å²) in [6.45, 7) is 1.52. The Hall–Kier alpha value is -3.45. The van der Waals surface area contributed by atoms with Crippen LogP contribution in [0.2, 0.25) is 0 Å². The number of likely N-dealkylation sites (tertiary alicyclic amines) is 1. The fourth-order valence-corrected chi connectivity index (χ4v) is 5.44. The molecule has 0 spiro atoms. The first kappa shape index (κ1) is 27.6. The minimum absolute atomic E-state index is 0. The maximum absolute atomic E-state index is 13.5. The molecule has 1 aromatic carbocycles. The van der Waals surface area contributed by atoms with Crippen molar-refractivity contribution in [2.24, 2.45) is 19.8 Å². The maximum Gasteiger partial charge on any atom is 0.332 e. The van der Waals surface area contributed by atoms with E-state index < -0.39 is 35.0 Å². The van der Waals surface area contributed by atoms with Crippen LogP contribution in [0.15, 0.2) is 46.4 Å². The first-order chi connectivity index (χ1) is 17.5. The van der Waals surface area contributed by atoms with Gasteiger partial charge < -0.3 is 30.4 Å². The molecule has 3 aromatic heterocycles. The summed E-state index contributed by atoms with van der Waals surface area (Å²) in [7, 11) is 2.88. The number of H-pyrrole nitrogens is 1. The van der Waals surface area contributed by atoms with Crippen LogP contribution in [0.25, 0.3) is 22.1 Å². The number of imidazole rings is 1. The summed E-state index contributed by atoms with van der Waals surface area (Å²) >= 11 is 0. The Labute approximate surface area is 223 Å². The Morgan fingerprint density at radius 1 is 1.24 bits per heavy atom. The van der Waals surface area contributed by atoms with Crippen LogP contribution in [0.4, 0.5) is 0 Å². The molecule has 0 radical (unpaired) electrons. The maximum atomic E-state index is 13.5. The number of benzene rings is 1. The van der Waals surface area contributed by atoms with Crippen molar-refractivity contribution in [2.45, 2.75) is 43.6 Å². The quantitative estimate of drug-likeness (QED) is 0.275. The SMILES string of the molecule is Cl.Cn1c(=O)c2c(ncn2[C@H]2CN(C(=O)[C@@H](N)Cc3c[nH]c4ccccc34)C[C@H](O)C[C@]2(C)O)n(C)c1=O. The van der Waals surface area contributed by atoms with E-state index in [0.29, 0.717) is 0 Å². The van der Waals surface area contributed by atoms with Crippen LogP contribution in [0.1, 0.15) is 24.9 Å². The number of aromatic nitrogens is 5. The van der Waals surface area contributed by atoms with Crippen molar-refractivity contribution in [1.29, 1.82) is 0 Å². The summed E-state index contributed by atoms with van der Waals surface area (Å²) in [5, 5.41) is 23.1. The number of aromatic amines is 1. The topological polar surface area (TPSA) is 164 Å². The molecule has 1 saturated heterocycles. The molecule has 5 N–H and O–H groups in total. The fraction of sp³-hybridized carbons (Fsp3) is 0.440. The molecule has 1 aliphatic rings. The summed E-state index contributed by atoms with van der Waals surface area (Å²) in [5.74, 6) is -0.378. The van der Waals surface area contributed by atoms with E-state index in [-0.39, 0.29) is 55.4 Å². The first-order valence-corrected chi connectivity index (χ1v) is 12.1. The van der Waals surface area contributed by atoms with E-state index >= 15 is 0 Å². The normalized spacial score (nSPS) is 22.8. The summed E-state index contributed by atoms with van der Waals surface area (Å²) in [5.41, 5.74) is 5.93. The molecule has 5 rings (SSSR count). The average Bonchev–Trinajstić information content (AvgIpc) is 3.44. The minimum Gasteiger partial charge on any atom is -0.391 e. The third-order valence-corrected chi connectivity index (χ3v) is 7.44. The number of aliphatic hydroxyl groups excluding tert-OH is 1. The standard InChI is InChI=1S/C25H31N7O5.ClH/c1-25(37)9-15(33)11-31(22(34)17(26)8-14-10-27-18-7-5-4-6-16(14)18)12-19(25)32-13-28-21-20(32)23(35)30(3)24(36)29(21)2;/h4-7,10,13,15,17,19,27,33,37H,8-9,11-12,26H2,1-3H3;1H/t15-,17+,19+,25+;/m1./s1. The molecule has 1 amide bonds. The number of carbonyl (C=O) groups excluding carboxylic acids is 1. The molecule has 4 aromatic rings. The third-order valence-electron chi connectivity index (χ3n) is 7.44. The second-order valence-electron chi connectivity index (χ2n) is 10.2. The van der Waals surface area contributed by atoms with Gasteiger partial charge in [-0.25, -0.2) is 9.78 Å². The lowest BCUT2D eigenvalue weighted by Crippen LogP contribution is -2.49. The molecule has 12 nitrogen and oxygen atoms in total. The van der Waals surface area contributed by atoms with E-state index in [1.54, 1.807) is 6.92 Å². The number of hydrogen-bond donors (Lipinski definition) is 4. The van der Waals surface area contributed by atoms with Gasteiger partial charge in [-0.05, 0) is 25.0 Å². The largest absolute Gasteiger partial charge is 0.391 e. The van der Waals surface area contributed by atoms with Gasteiger partial charge in [0.05, 0.1) is 30.1 Å². The highest BCUT2D eigenvalue weighted by Gasteiger charge is 2.43. The predicted molar refractivity (Wildman–Crippen MR) is 144 cm³/mol. The van der Waals surface area contributed by atoms with E-state index in [2.05, 4.69) is 9.97 Å². The van der Waals surface area contributed by atoms with Gasteiger partial charge in [0.2, 0.25) is 5.91 Å². The van der Waals surface area contributed by atoms with E-state index in [1.165, 1.54) is 34.5 Å². The fourth-order valence-electron chi connectivity index (χ4n) is 5.44. The molecular formula is C25H32ClN7O5. The Kier molecular flexibility index (Phi) is 7.28. The monoisotopic (exact) mass is 545 g/mol. The van der Waals surface area contributed by atoms with Gasteiger partial charge >= 0.3 is 5.69 Å². The highest BCUT2D eigenvalue weighted by molar-refractivity contribution is 5.86. The third kappa shape index (κ3) is 4.53. The average molecular weight is 546 g/mol. The van der Waals surface area contributed by atoms with Crippen molar-refractivity contribution in [3.8, 4) is 0 Å². The predicted octanol–water partition coefficient (Wildman–Crippen LogP) is -0.208. The van der Waals surface area contributed by atoms with Gasteiger partial charge in [0.25, 0.3) is 5.56 Å². The number of aliphatic hydroxyl groups is 2. The number of nitrogens with two attached hydrogens (primary N) is 1. The zero-order valence-electron chi connectivity index (χ0n) is 21.4. The number of hydrogen-bond acceptors (Lipinski definition) is 7. The van der Waals surface area contributed by atoms with Gasteiger partial charge in [-0.2, -0.15) is 0 Å². The number of amides is 1. The second-order valence-corrected chi connectivity index (χ2v) is 10.2. The van der Waals surface area contributed by atoms with Crippen LogP contribution in [-0.2, 0) is 25.3 Å². The van der Waals surface area contributed by atoms with E-state index in [0.717, 1.165) is 21.0 Å². The van der Waals surface area contributed by atoms with E-state index in [4.69, 9.17) is 5.73 Å². The Balaban J connectivity index is 0.00000336. The second kappa shape index (κ2) is 10.0. The summed E-state index contributed by atoms with van der Waals surface area (Å²) < 4.78 is 3.73. The van der Waals surface area contributed by atoms with Gasteiger partial charge in [-0.15, -0.1) is 12.4 Å². The van der Waals surface area contributed by atoms with Crippen LogP contribution >= 0.6 is 12.4 Å². The lowest BCUT2D eigenvalue weighted by molar-refractivity contribution is -0.134. The lowest BCUT2D eigenvalue weighted by atomic mass is 9.91. The summed E-state index contributed by atoms with van der Waals surface area (Å²) in [6.07, 6.45) is 2.46. The van der Waals surface area contributed by atoms with Crippen molar-refractivity contribution in [3.05, 3.63) is 63.2 Å². The van der Waals surface area contributed by atoms with Gasteiger partial charge in [-0.3, -0.25) is 18.7 Å². The molecule has 1 fully saturated rings. The molecule has 0 unspecified atom stereocenters. The van der Waals surface area contributed by atoms with Crippen molar-refractivity contribution in [2.75, 3.05) is 13.1 Å². The Bertz CT molecular complexity index is 1620. The highest BCUT2D eigenvalue weighted by Crippen LogP contribution is 2.33. The Morgan fingerprint density at radius 2 is 1.95 bits per heavy atom. The molecule has 1 aliphatic heterocycles. The van der Waals surface area contributed by atoms with Gasteiger partial charge in [0.15, 0.2) is 11.2 Å². The van der Waals surface area contributed by atoms with Gasteiger partial charge in [-0.1, -0.05) is 18.2 Å². The van der Waals surface area contributed by atoms with Crippen molar-refractivity contribution >= 4 is 40.4 Å². The van der Waals surface area contributed by atoms with Crippen LogP contribution in [0.5, 0.6) is 0 Å². The first-order valence-electron chi connectivity index (χ1n) is 12.1. The number of aryl methyl sites for hydroxylation is 1. The van der Waals surface area contributed by atoms with Crippen LogP contribution < -0.4 is 17.0 Å². The molecule has 4 atom stereocenters. The molecule has 0 saturated carbocycles. The molecule has 0 bridgehead atoms. The van der Waals surface area contributed by atoms with Gasteiger partial charge in [0, 0.05) is 50.7 Å². The lowest BCUT2D eigenvalue weighted by Gasteiger charge is -2.34. The number of fused-ring (bicyclic) bond motifs is 2. The number of nitrogens with one attached hydrogen (secondary N) is 1. The molecule has 4 heterocycles. The highest BCUT2D eigenvalue weighted by atomic mass is 35.5. The van der Waals surface area contributed by atoms with Crippen LogP contribution in [0.3, 0.4) is 0 Å². The number of halogens is 1. The van der Waals surface area contributed by atoms with Gasteiger partial charge in [0.1, 0.15) is 0 Å². The zero-order chi connectivity index (χ0) is 26.6. The Morgan fingerprint density at radius 3 is 2.68 bits per heavy atom. The van der Waals surface area contributed by atoms with E-state index in [1.807, 2.05) is 30.5 Å². The molecule has 38 heavy (non-hydrogen) atoms. The van der Waals surface area contributed by atoms with Crippen molar-refractivity contribution < 1.29 is 15.0 Å². The molecule has 0 aliphatic carbocycles. The summed E-state index contributed by atoms with van der Waals surface area (Å²) in [6, 6.07) is 6.02.